The van der Waals surface area contributed by atoms with Gasteiger partial charge in [-0.05, 0) is 42.0 Å². The van der Waals surface area contributed by atoms with Crippen LogP contribution in [-0.2, 0) is 16.6 Å². The van der Waals surface area contributed by atoms with E-state index in [2.05, 4.69) is 14.7 Å². The molecule has 0 unspecified atom stereocenters. The number of benzene rings is 2. The number of hydrogen-bond donors (Lipinski definition) is 1. The van der Waals surface area contributed by atoms with Crippen LogP contribution in [0.1, 0.15) is 5.56 Å². The lowest BCUT2D eigenvalue weighted by molar-refractivity contribution is 0.580. The molecule has 0 aliphatic rings. The number of hydrogen-bond acceptors (Lipinski definition) is 4. The van der Waals surface area contributed by atoms with Crippen molar-refractivity contribution in [2.45, 2.75) is 11.4 Å². The standard InChI is InChI=1S/C21H15ClFN3O2S/c22-17-10-11-24-20-9-8-19(26-21(17)20)16-12-15(6-7-18(16)23)29(27,28)25-13-14-4-2-1-3-5-14/h1-12,25H,13H2. The highest BCUT2D eigenvalue weighted by Crippen LogP contribution is 2.28. The lowest BCUT2D eigenvalue weighted by Gasteiger charge is -2.10. The van der Waals surface area contributed by atoms with Crippen LogP contribution < -0.4 is 4.72 Å². The molecule has 29 heavy (non-hydrogen) atoms. The lowest BCUT2D eigenvalue weighted by atomic mass is 10.1. The molecule has 5 nitrogen and oxygen atoms in total. The zero-order chi connectivity index (χ0) is 20.4. The second kappa shape index (κ2) is 7.87. The van der Waals surface area contributed by atoms with E-state index in [-0.39, 0.29) is 22.7 Å². The van der Waals surface area contributed by atoms with Crippen LogP contribution in [0.4, 0.5) is 4.39 Å². The molecule has 2 heterocycles. The third-order valence-electron chi connectivity index (χ3n) is 4.37. The minimum Gasteiger partial charge on any atom is -0.255 e. The molecule has 0 fully saturated rings. The second-order valence-corrected chi connectivity index (χ2v) is 8.48. The van der Waals surface area contributed by atoms with Gasteiger partial charge in [-0.2, -0.15) is 0 Å². The molecule has 0 saturated heterocycles. The first-order chi connectivity index (χ1) is 13.9. The second-order valence-electron chi connectivity index (χ2n) is 6.31. The smallest absolute Gasteiger partial charge is 0.240 e. The fourth-order valence-corrected chi connectivity index (χ4v) is 4.11. The van der Waals surface area contributed by atoms with Crippen LogP contribution in [0.25, 0.3) is 22.3 Å². The van der Waals surface area contributed by atoms with Crippen LogP contribution in [0.2, 0.25) is 5.02 Å². The van der Waals surface area contributed by atoms with Crippen LogP contribution in [-0.4, -0.2) is 18.4 Å². The zero-order valence-corrected chi connectivity index (χ0v) is 16.6. The van der Waals surface area contributed by atoms with Gasteiger partial charge < -0.3 is 0 Å². The summed E-state index contributed by atoms with van der Waals surface area (Å²) in [5.41, 5.74) is 2.13. The summed E-state index contributed by atoms with van der Waals surface area (Å²) in [6.45, 7) is 0.130. The molecule has 4 rings (SSSR count). The minimum absolute atomic E-state index is 0.0518. The predicted octanol–water partition coefficient (Wildman–Crippen LogP) is 4.57. The van der Waals surface area contributed by atoms with E-state index in [1.165, 1.54) is 12.1 Å². The maximum Gasteiger partial charge on any atom is 0.240 e. The Morgan fingerprint density at radius 1 is 1.00 bits per heavy atom. The first kappa shape index (κ1) is 19.4. The fourth-order valence-electron chi connectivity index (χ4n) is 2.87. The van der Waals surface area contributed by atoms with Gasteiger partial charge in [-0.3, -0.25) is 4.98 Å². The van der Waals surface area contributed by atoms with Gasteiger partial charge in [0.15, 0.2) is 0 Å². The van der Waals surface area contributed by atoms with Crippen molar-refractivity contribution in [3.8, 4) is 11.3 Å². The van der Waals surface area contributed by atoms with Gasteiger partial charge >= 0.3 is 0 Å². The van der Waals surface area contributed by atoms with Crippen LogP contribution in [0, 0.1) is 5.82 Å². The Balaban J connectivity index is 1.70. The predicted molar refractivity (Wildman–Crippen MR) is 110 cm³/mol. The molecule has 8 heteroatoms. The number of sulfonamides is 1. The number of pyridine rings is 2. The van der Waals surface area contributed by atoms with Gasteiger partial charge in [-0.1, -0.05) is 41.9 Å². The van der Waals surface area contributed by atoms with Crippen molar-refractivity contribution in [2.75, 3.05) is 0 Å². The molecule has 1 N–H and O–H groups in total. The van der Waals surface area contributed by atoms with Crippen LogP contribution in [0.15, 0.2) is 77.8 Å². The van der Waals surface area contributed by atoms with E-state index in [0.29, 0.717) is 16.1 Å². The zero-order valence-electron chi connectivity index (χ0n) is 15.0. The van der Waals surface area contributed by atoms with Crippen molar-refractivity contribution < 1.29 is 12.8 Å². The summed E-state index contributed by atoms with van der Waals surface area (Å²) < 4.78 is 42.4. The van der Waals surface area contributed by atoms with E-state index in [0.717, 1.165) is 11.6 Å². The average Bonchev–Trinajstić information content (AvgIpc) is 2.73. The number of rotatable bonds is 5. The van der Waals surface area contributed by atoms with E-state index >= 15 is 0 Å². The number of aromatic nitrogens is 2. The molecule has 0 atom stereocenters. The summed E-state index contributed by atoms with van der Waals surface area (Å²) in [6, 6.07) is 17.6. The first-order valence-electron chi connectivity index (χ1n) is 8.69. The molecule has 0 radical (unpaired) electrons. The van der Waals surface area contributed by atoms with E-state index in [9.17, 15) is 12.8 Å². The number of halogens is 2. The highest BCUT2D eigenvalue weighted by Gasteiger charge is 2.18. The molecule has 0 aliphatic heterocycles. The molecule has 0 saturated carbocycles. The molecule has 0 amide bonds. The number of nitrogens with one attached hydrogen (secondary N) is 1. The van der Waals surface area contributed by atoms with Gasteiger partial charge in [0.05, 0.1) is 21.1 Å². The third kappa shape index (κ3) is 4.12. The minimum atomic E-state index is -3.84. The Morgan fingerprint density at radius 3 is 2.59 bits per heavy atom. The van der Waals surface area contributed by atoms with E-state index in [1.807, 2.05) is 30.3 Å². The van der Waals surface area contributed by atoms with Crippen LogP contribution >= 0.6 is 11.6 Å². The topological polar surface area (TPSA) is 72.0 Å². The van der Waals surface area contributed by atoms with Crippen molar-refractivity contribution in [2.24, 2.45) is 0 Å². The Bertz CT molecular complexity index is 1300. The normalized spacial score (nSPS) is 11.7. The maximum absolute atomic E-state index is 14.5. The Hall–Kier alpha value is -2.87. The summed E-state index contributed by atoms with van der Waals surface area (Å²) in [6.07, 6.45) is 1.55. The Labute approximate surface area is 172 Å². The first-order valence-corrected chi connectivity index (χ1v) is 10.5. The molecular weight excluding hydrogens is 413 g/mol. The quantitative estimate of drug-likeness (QED) is 0.506. The summed E-state index contributed by atoms with van der Waals surface area (Å²) in [5, 5.41) is 0.380. The maximum atomic E-state index is 14.5. The lowest BCUT2D eigenvalue weighted by Crippen LogP contribution is -2.23. The van der Waals surface area contributed by atoms with Gasteiger partial charge in [0, 0.05) is 18.3 Å². The molecule has 0 bridgehead atoms. The van der Waals surface area contributed by atoms with Gasteiger partial charge in [-0.15, -0.1) is 0 Å². The van der Waals surface area contributed by atoms with E-state index in [1.54, 1.807) is 24.4 Å². The van der Waals surface area contributed by atoms with Gasteiger partial charge in [0.25, 0.3) is 0 Å². The summed E-state index contributed by atoms with van der Waals surface area (Å²) in [7, 11) is -3.84. The van der Waals surface area contributed by atoms with Crippen molar-refractivity contribution in [1.82, 2.24) is 14.7 Å². The summed E-state index contributed by atoms with van der Waals surface area (Å²) in [5.74, 6) is -0.584. The van der Waals surface area contributed by atoms with E-state index < -0.39 is 15.8 Å². The van der Waals surface area contributed by atoms with E-state index in [4.69, 9.17) is 11.6 Å². The molecule has 2 aromatic heterocycles. The van der Waals surface area contributed by atoms with Gasteiger partial charge in [0.1, 0.15) is 11.3 Å². The molecule has 146 valence electrons. The summed E-state index contributed by atoms with van der Waals surface area (Å²) in [4.78, 5) is 8.48. The van der Waals surface area contributed by atoms with Gasteiger partial charge in [0.2, 0.25) is 10.0 Å². The molecule has 0 spiro atoms. The van der Waals surface area contributed by atoms with Crippen LogP contribution in [0.3, 0.4) is 0 Å². The van der Waals surface area contributed by atoms with Crippen molar-refractivity contribution in [3.63, 3.8) is 0 Å². The number of fused-ring (bicyclic) bond motifs is 1. The summed E-state index contributed by atoms with van der Waals surface area (Å²) >= 11 is 6.16. The van der Waals surface area contributed by atoms with Crippen molar-refractivity contribution in [3.05, 3.63) is 89.3 Å². The highest BCUT2D eigenvalue weighted by atomic mass is 35.5. The Kier molecular flexibility index (Phi) is 5.27. The van der Waals surface area contributed by atoms with Crippen LogP contribution in [0.5, 0.6) is 0 Å². The molecule has 4 aromatic rings. The van der Waals surface area contributed by atoms with Crippen molar-refractivity contribution >= 4 is 32.7 Å². The number of nitrogens with zero attached hydrogens (tertiary/aromatic N) is 2. The highest BCUT2D eigenvalue weighted by molar-refractivity contribution is 7.89. The SMILES string of the molecule is O=S(=O)(NCc1ccccc1)c1ccc(F)c(-c2ccc3nccc(Cl)c3n2)c1. The van der Waals surface area contributed by atoms with Gasteiger partial charge in [-0.25, -0.2) is 22.5 Å². The molecule has 0 aliphatic carbocycles. The molecular formula is C21H15ClFN3O2S. The Morgan fingerprint density at radius 2 is 1.79 bits per heavy atom. The average molecular weight is 428 g/mol. The fraction of sp³-hybridized carbons (Fsp3) is 0.0476. The third-order valence-corrected chi connectivity index (χ3v) is 6.07. The largest absolute Gasteiger partial charge is 0.255 e. The van der Waals surface area contributed by atoms with Crippen molar-refractivity contribution in [1.29, 1.82) is 0 Å². The molecule has 2 aromatic carbocycles. The monoisotopic (exact) mass is 427 g/mol.